The van der Waals surface area contributed by atoms with Crippen molar-refractivity contribution in [2.75, 3.05) is 12.4 Å². The Morgan fingerprint density at radius 1 is 0.968 bits per heavy atom. The maximum absolute atomic E-state index is 5.28. The molecule has 0 spiro atoms. The van der Waals surface area contributed by atoms with Crippen molar-refractivity contribution in [1.29, 1.82) is 0 Å². The third-order valence-corrected chi connectivity index (χ3v) is 5.44. The molecule has 5 heteroatoms. The fourth-order valence-electron chi connectivity index (χ4n) is 3.86. The lowest BCUT2D eigenvalue weighted by Gasteiger charge is -2.05. The van der Waals surface area contributed by atoms with Gasteiger partial charge in [0.1, 0.15) is 5.75 Å². The molecular weight excluding hydrogens is 384 g/mol. The molecular formula is C26H24N4O. The summed E-state index contributed by atoms with van der Waals surface area (Å²) in [6.07, 6.45) is 4.26. The Labute approximate surface area is 180 Å². The van der Waals surface area contributed by atoms with Gasteiger partial charge < -0.3 is 20.0 Å². The molecule has 154 valence electrons. The summed E-state index contributed by atoms with van der Waals surface area (Å²) in [5, 5.41) is 7.63. The molecule has 0 saturated heterocycles. The number of benzene rings is 2. The van der Waals surface area contributed by atoms with Gasteiger partial charge in [0.05, 0.1) is 34.5 Å². The van der Waals surface area contributed by atoms with Gasteiger partial charge in [-0.05, 0) is 74.0 Å². The summed E-state index contributed by atoms with van der Waals surface area (Å²) in [6, 6.07) is 20.4. The van der Waals surface area contributed by atoms with Gasteiger partial charge in [-0.25, -0.2) is 4.99 Å². The SMILES string of the molecule is COc1ccc(Nc2cc(=C3C=c4ccccc4=N3)[nH]/c2=C\c2[nH]c(C)cc2C)cc1. The lowest BCUT2D eigenvalue weighted by molar-refractivity contribution is 0.415. The molecule has 2 aromatic heterocycles. The molecule has 0 bridgehead atoms. The molecule has 2 aromatic carbocycles. The first-order valence-corrected chi connectivity index (χ1v) is 10.3. The van der Waals surface area contributed by atoms with E-state index in [1.165, 1.54) is 5.56 Å². The van der Waals surface area contributed by atoms with Gasteiger partial charge in [-0.15, -0.1) is 0 Å². The second-order valence-corrected chi connectivity index (χ2v) is 7.76. The standard InChI is InChI=1S/C26H24N4O/c1-16-12-17(2)27-22(16)14-25-24(28-19-8-10-20(31-3)11-9-19)15-26(30-25)23-13-18-6-4-5-7-21(18)29-23/h4-15,27-28,30H,1-3H3/b25-14-,26-23?. The Kier molecular flexibility index (Phi) is 4.71. The first-order valence-electron chi connectivity index (χ1n) is 10.3. The summed E-state index contributed by atoms with van der Waals surface area (Å²) in [6.45, 7) is 4.18. The van der Waals surface area contributed by atoms with Crippen molar-refractivity contribution in [2.45, 2.75) is 13.8 Å². The van der Waals surface area contributed by atoms with Gasteiger partial charge in [-0.1, -0.05) is 18.2 Å². The Morgan fingerprint density at radius 3 is 2.48 bits per heavy atom. The summed E-state index contributed by atoms with van der Waals surface area (Å²) >= 11 is 0. The lowest BCUT2D eigenvalue weighted by Crippen LogP contribution is -2.19. The zero-order chi connectivity index (χ0) is 21.4. The van der Waals surface area contributed by atoms with Crippen molar-refractivity contribution in [1.82, 2.24) is 9.97 Å². The number of H-pyrrole nitrogens is 2. The topological polar surface area (TPSA) is 65.2 Å². The molecule has 0 atom stereocenters. The number of nitrogens with zero attached hydrogens (tertiary/aromatic N) is 1. The van der Waals surface area contributed by atoms with Crippen molar-refractivity contribution in [3.63, 3.8) is 0 Å². The molecule has 31 heavy (non-hydrogen) atoms. The number of aromatic nitrogens is 2. The average Bonchev–Trinajstić information content (AvgIpc) is 3.46. The summed E-state index contributed by atoms with van der Waals surface area (Å²) in [7, 11) is 1.67. The Balaban J connectivity index is 1.66. The molecule has 5 rings (SSSR count). The van der Waals surface area contributed by atoms with E-state index in [4.69, 9.17) is 9.73 Å². The molecule has 0 radical (unpaired) electrons. The highest BCUT2D eigenvalue weighted by Crippen LogP contribution is 2.18. The van der Waals surface area contributed by atoms with Gasteiger partial charge in [-0.2, -0.15) is 0 Å². The van der Waals surface area contributed by atoms with Crippen LogP contribution >= 0.6 is 0 Å². The maximum atomic E-state index is 5.28. The van der Waals surface area contributed by atoms with Crippen LogP contribution in [-0.4, -0.2) is 17.1 Å². The molecule has 5 nitrogen and oxygen atoms in total. The average molecular weight is 409 g/mol. The van der Waals surface area contributed by atoms with Crippen molar-refractivity contribution < 1.29 is 4.74 Å². The number of rotatable bonds is 4. The van der Waals surface area contributed by atoms with Crippen molar-refractivity contribution in [2.24, 2.45) is 4.99 Å². The second kappa shape index (κ2) is 7.69. The number of anilines is 2. The van der Waals surface area contributed by atoms with Gasteiger partial charge in [0.25, 0.3) is 0 Å². The van der Waals surface area contributed by atoms with E-state index >= 15 is 0 Å². The van der Waals surface area contributed by atoms with Gasteiger partial charge in [0.2, 0.25) is 0 Å². The Bertz CT molecular complexity index is 1470. The van der Waals surface area contributed by atoms with Crippen molar-refractivity contribution in [3.8, 4) is 5.75 Å². The van der Waals surface area contributed by atoms with Gasteiger partial charge in [0, 0.05) is 22.3 Å². The maximum Gasteiger partial charge on any atom is 0.119 e. The summed E-state index contributed by atoms with van der Waals surface area (Å²) in [5.74, 6) is 0.831. The summed E-state index contributed by atoms with van der Waals surface area (Å²) in [5.41, 5.74) is 6.34. The van der Waals surface area contributed by atoms with E-state index in [-0.39, 0.29) is 0 Å². The van der Waals surface area contributed by atoms with E-state index in [0.29, 0.717) is 0 Å². The number of para-hydroxylation sites is 1. The fourth-order valence-corrected chi connectivity index (χ4v) is 3.86. The number of hydrogen-bond donors (Lipinski definition) is 3. The number of hydrogen-bond acceptors (Lipinski definition) is 3. The third kappa shape index (κ3) is 3.78. The normalized spacial score (nSPS) is 14.7. The lowest BCUT2D eigenvalue weighted by atomic mass is 10.2. The van der Waals surface area contributed by atoms with Crippen LogP contribution in [0.3, 0.4) is 0 Å². The highest BCUT2D eigenvalue weighted by molar-refractivity contribution is 5.77. The number of methoxy groups -OCH3 is 1. The van der Waals surface area contributed by atoms with Crippen LogP contribution in [-0.2, 0) is 0 Å². The molecule has 0 unspecified atom stereocenters. The molecule has 3 N–H and O–H groups in total. The molecule has 1 aliphatic heterocycles. The zero-order valence-electron chi connectivity index (χ0n) is 17.8. The van der Waals surface area contributed by atoms with Crippen LogP contribution in [0.15, 0.2) is 65.7 Å². The predicted molar refractivity (Wildman–Crippen MR) is 125 cm³/mol. The number of nitrogens with one attached hydrogen (secondary N) is 3. The number of fused-ring (bicyclic) bond motifs is 1. The van der Waals surface area contributed by atoms with Gasteiger partial charge in [-0.3, -0.25) is 0 Å². The highest BCUT2D eigenvalue weighted by Gasteiger charge is 2.07. The van der Waals surface area contributed by atoms with E-state index in [1.807, 2.05) is 42.5 Å². The van der Waals surface area contributed by atoms with Crippen LogP contribution in [0.2, 0.25) is 0 Å². The van der Waals surface area contributed by atoms with E-state index in [2.05, 4.69) is 59.5 Å². The van der Waals surface area contributed by atoms with Crippen molar-refractivity contribution in [3.05, 3.63) is 98.9 Å². The van der Waals surface area contributed by atoms with E-state index in [0.717, 1.165) is 55.5 Å². The Hall–Kier alpha value is -3.99. The minimum atomic E-state index is 0.831. The van der Waals surface area contributed by atoms with Crippen LogP contribution in [0.5, 0.6) is 5.75 Å². The summed E-state index contributed by atoms with van der Waals surface area (Å²) in [4.78, 5) is 11.8. The first-order chi connectivity index (χ1) is 15.1. The van der Waals surface area contributed by atoms with Crippen LogP contribution < -0.4 is 31.3 Å². The monoisotopic (exact) mass is 408 g/mol. The molecule has 0 aliphatic carbocycles. The van der Waals surface area contributed by atoms with Gasteiger partial charge >= 0.3 is 0 Å². The number of aryl methyl sites for hydroxylation is 2. The van der Waals surface area contributed by atoms with Crippen LogP contribution in [0.4, 0.5) is 11.4 Å². The van der Waals surface area contributed by atoms with Crippen molar-refractivity contribution >= 4 is 29.2 Å². The van der Waals surface area contributed by atoms with E-state index in [1.54, 1.807) is 7.11 Å². The summed E-state index contributed by atoms with van der Waals surface area (Å²) < 4.78 is 5.28. The second-order valence-electron chi connectivity index (χ2n) is 7.76. The molecule has 0 amide bonds. The first kappa shape index (κ1) is 19.0. The molecule has 1 aliphatic rings. The van der Waals surface area contributed by atoms with E-state index in [9.17, 15) is 0 Å². The molecule has 4 aromatic rings. The third-order valence-electron chi connectivity index (χ3n) is 5.44. The molecule has 0 saturated carbocycles. The minimum Gasteiger partial charge on any atom is -0.497 e. The molecule has 3 heterocycles. The number of ether oxygens (including phenoxy) is 1. The minimum absolute atomic E-state index is 0.831. The van der Waals surface area contributed by atoms with Crippen LogP contribution in [0, 0.1) is 13.8 Å². The fraction of sp³-hybridized carbons (Fsp3) is 0.115. The molecule has 0 fully saturated rings. The zero-order valence-corrected chi connectivity index (χ0v) is 17.8. The smallest absolute Gasteiger partial charge is 0.119 e. The van der Waals surface area contributed by atoms with Crippen LogP contribution in [0.25, 0.3) is 17.8 Å². The number of aromatic amines is 2. The predicted octanol–water partition coefficient (Wildman–Crippen LogP) is 2.76. The van der Waals surface area contributed by atoms with E-state index < -0.39 is 0 Å². The van der Waals surface area contributed by atoms with Crippen LogP contribution in [0.1, 0.15) is 17.0 Å². The highest BCUT2D eigenvalue weighted by atomic mass is 16.5. The largest absolute Gasteiger partial charge is 0.497 e. The Morgan fingerprint density at radius 2 is 1.77 bits per heavy atom. The van der Waals surface area contributed by atoms with Gasteiger partial charge in [0.15, 0.2) is 0 Å². The quantitative estimate of drug-likeness (QED) is 0.486.